The molecule has 0 aliphatic rings. The minimum Gasteiger partial charge on any atom is -0.269 e. The van der Waals surface area contributed by atoms with Crippen LogP contribution in [0.5, 0.6) is 0 Å². The van der Waals surface area contributed by atoms with Crippen LogP contribution in [-0.2, 0) is 0 Å². The van der Waals surface area contributed by atoms with Gasteiger partial charge in [0.05, 0.1) is 5.56 Å². The second-order valence-electron chi connectivity index (χ2n) is 4.18. The Morgan fingerprint density at radius 3 is 2.44 bits per heavy atom. The number of rotatable bonds is 3. The molecule has 0 radical (unpaired) electrons. The van der Waals surface area contributed by atoms with E-state index >= 15 is 0 Å². The number of aromatic nitrogens is 3. The van der Waals surface area contributed by atoms with Crippen LogP contribution in [0.15, 0.2) is 24.5 Å². The first-order valence-corrected chi connectivity index (χ1v) is 5.48. The summed E-state index contributed by atoms with van der Waals surface area (Å²) in [7, 11) is 0. The molecule has 0 aromatic carbocycles. The molecule has 3 nitrogen and oxygen atoms in total. The van der Waals surface area contributed by atoms with Gasteiger partial charge in [0.15, 0.2) is 0 Å². The predicted molar refractivity (Wildman–Crippen MR) is 60.8 cm³/mol. The Kier molecular flexibility index (Phi) is 3.36. The van der Waals surface area contributed by atoms with E-state index in [0.29, 0.717) is 5.56 Å². The van der Waals surface area contributed by atoms with Gasteiger partial charge in [-0.2, -0.15) is 9.49 Å². The van der Waals surface area contributed by atoms with Crippen LogP contribution in [0.25, 0.3) is 11.3 Å². The largest absolute Gasteiger partial charge is 0.269 e. The first-order valence-electron chi connectivity index (χ1n) is 5.48. The molecule has 0 spiro atoms. The predicted octanol–water partition coefficient (Wildman–Crippen LogP) is 3.60. The molecule has 2 aromatic heterocycles. The highest BCUT2D eigenvalue weighted by molar-refractivity contribution is 5.61. The van der Waals surface area contributed by atoms with Crippen molar-refractivity contribution in [1.82, 2.24) is 14.8 Å². The molecule has 0 aliphatic carbocycles. The number of hydrogen-bond donors (Lipinski definition) is 0. The smallest absolute Gasteiger partial charge is 0.267 e. The lowest BCUT2D eigenvalue weighted by Crippen LogP contribution is -2.00. The van der Waals surface area contributed by atoms with Crippen LogP contribution in [0, 0.1) is 5.95 Å². The molecule has 0 aliphatic heterocycles. The molecule has 18 heavy (non-hydrogen) atoms. The molecule has 0 saturated heterocycles. The molecule has 2 heterocycles. The van der Waals surface area contributed by atoms with Crippen LogP contribution in [0.4, 0.5) is 13.2 Å². The average molecular weight is 255 g/mol. The maximum atomic E-state index is 12.9. The van der Waals surface area contributed by atoms with Crippen molar-refractivity contribution in [3.63, 3.8) is 0 Å². The zero-order valence-electron chi connectivity index (χ0n) is 9.94. The van der Waals surface area contributed by atoms with E-state index in [-0.39, 0.29) is 17.3 Å². The lowest BCUT2D eigenvalue weighted by atomic mass is 10.1. The third-order valence-electron chi connectivity index (χ3n) is 2.53. The third kappa shape index (κ3) is 2.37. The number of pyridine rings is 1. The van der Waals surface area contributed by atoms with E-state index in [1.807, 2.05) is 13.8 Å². The Bertz CT molecular complexity index is 532. The molecule has 0 atom stereocenters. The van der Waals surface area contributed by atoms with Crippen LogP contribution < -0.4 is 0 Å². The summed E-state index contributed by atoms with van der Waals surface area (Å²) < 4.78 is 40.0. The number of alkyl halides is 2. The minimum atomic E-state index is -2.63. The van der Waals surface area contributed by atoms with Gasteiger partial charge in [0.1, 0.15) is 5.69 Å². The highest BCUT2D eigenvalue weighted by Crippen LogP contribution is 2.30. The molecule has 0 N–H and O–H groups in total. The van der Waals surface area contributed by atoms with E-state index in [4.69, 9.17) is 0 Å². The molecule has 6 heteroatoms. The molecule has 0 bridgehead atoms. The lowest BCUT2D eigenvalue weighted by Gasteiger charge is -2.03. The summed E-state index contributed by atoms with van der Waals surface area (Å²) >= 11 is 0. The highest BCUT2D eigenvalue weighted by Gasteiger charge is 2.20. The van der Waals surface area contributed by atoms with Crippen molar-refractivity contribution in [3.8, 4) is 11.3 Å². The number of hydrogen-bond acceptors (Lipinski definition) is 2. The van der Waals surface area contributed by atoms with Crippen LogP contribution in [0.1, 0.15) is 31.9 Å². The second kappa shape index (κ2) is 4.80. The molecule has 0 unspecified atom stereocenters. The first-order chi connectivity index (χ1) is 8.49. The van der Waals surface area contributed by atoms with Gasteiger partial charge in [-0.25, -0.2) is 13.8 Å². The number of halogens is 3. The quantitative estimate of drug-likeness (QED) is 0.784. The van der Waals surface area contributed by atoms with E-state index in [2.05, 4.69) is 10.1 Å². The molecular formula is C12H12F3N3. The third-order valence-corrected chi connectivity index (χ3v) is 2.53. The van der Waals surface area contributed by atoms with Gasteiger partial charge in [0.2, 0.25) is 5.95 Å². The van der Waals surface area contributed by atoms with Gasteiger partial charge in [0.25, 0.3) is 6.43 Å². The highest BCUT2D eigenvalue weighted by atomic mass is 19.3. The van der Waals surface area contributed by atoms with Gasteiger partial charge < -0.3 is 0 Å². The summed E-state index contributed by atoms with van der Waals surface area (Å²) in [5.74, 6) is -0.652. The van der Waals surface area contributed by atoms with Gasteiger partial charge >= 0.3 is 0 Å². The monoisotopic (exact) mass is 255 g/mol. The Balaban J connectivity index is 2.51. The van der Waals surface area contributed by atoms with Crippen molar-refractivity contribution in [1.29, 1.82) is 0 Å². The van der Waals surface area contributed by atoms with Crippen molar-refractivity contribution in [2.75, 3.05) is 0 Å². The van der Waals surface area contributed by atoms with Gasteiger partial charge in [0, 0.05) is 24.0 Å². The molecular weight excluding hydrogens is 243 g/mol. The first kappa shape index (κ1) is 12.6. The van der Waals surface area contributed by atoms with Crippen LogP contribution in [-0.4, -0.2) is 14.8 Å². The summed E-state index contributed by atoms with van der Waals surface area (Å²) in [6.45, 7) is 3.68. The molecule has 2 rings (SSSR count). The molecule has 0 amide bonds. The van der Waals surface area contributed by atoms with E-state index in [1.54, 1.807) is 0 Å². The summed E-state index contributed by atoms with van der Waals surface area (Å²) in [4.78, 5) is 3.45. The SMILES string of the molecule is CC(C)n1cc(C(F)F)c(-c2ccc(F)nc2)n1. The fraction of sp³-hybridized carbons (Fsp3) is 0.333. The Labute approximate surface area is 102 Å². The van der Waals surface area contributed by atoms with Gasteiger partial charge in [-0.3, -0.25) is 4.68 Å². The fourth-order valence-corrected chi connectivity index (χ4v) is 1.57. The van der Waals surface area contributed by atoms with Crippen molar-refractivity contribution < 1.29 is 13.2 Å². The molecule has 96 valence electrons. The van der Waals surface area contributed by atoms with E-state index in [1.165, 1.54) is 23.1 Å². The standard InChI is InChI=1S/C12H12F3N3/c1-7(2)18-6-9(12(14)15)11(17-18)8-3-4-10(13)16-5-8/h3-7,12H,1-2H3. The molecule has 2 aromatic rings. The molecule has 0 saturated carbocycles. The topological polar surface area (TPSA) is 30.7 Å². The number of nitrogens with zero attached hydrogens (tertiary/aromatic N) is 3. The van der Waals surface area contributed by atoms with Gasteiger partial charge in [-0.05, 0) is 26.0 Å². The van der Waals surface area contributed by atoms with E-state index in [0.717, 1.165) is 6.07 Å². The van der Waals surface area contributed by atoms with E-state index < -0.39 is 12.4 Å². The normalized spacial score (nSPS) is 11.5. The maximum absolute atomic E-state index is 12.9. The van der Waals surface area contributed by atoms with Crippen molar-refractivity contribution in [2.24, 2.45) is 0 Å². The van der Waals surface area contributed by atoms with Crippen molar-refractivity contribution in [3.05, 3.63) is 36.0 Å². The van der Waals surface area contributed by atoms with Gasteiger partial charge in [-0.1, -0.05) is 0 Å². The summed E-state index contributed by atoms with van der Waals surface area (Å²) in [5, 5.41) is 4.11. The lowest BCUT2D eigenvalue weighted by molar-refractivity contribution is 0.152. The zero-order valence-corrected chi connectivity index (χ0v) is 9.94. The van der Waals surface area contributed by atoms with Crippen molar-refractivity contribution in [2.45, 2.75) is 26.3 Å². The Hall–Kier alpha value is -1.85. The molecule has 0 fully saturated rings. The summed E-state index contributed by atoms with van der Waals surface area (Å²) in [5.41, 5.74) is 0.356. The minimum absolute atomic E-state index is 0.0235. The summed E-state index contributed by atoms with van der Waals surface area (Å²) in [6.07, 6.45) is -0.111. The van der Waals surface area contributed by atoms with Crippen LogP contribution >= 0.6 is 0 Å². The van der Waals surface area contributed by atoms with Crippen LogP contribution in [0.3, 0.4) is 0 Å². The average Bonchev–Trinajstić information content (AvgIpc) is 2.75. The van der Waals surface area contributed by atoms with Crippen molar-refractivity contribution >= 4 is 0 Å². The Morgan fingerprint density at radius 1 is 1.22 bits per heavy atom. The second-order valence-corrected chi connectivity index (χ2v) is 4.18. The Morgan fingerprint density at radius 2 is 1.94 bits per heavy atom. The van der Waals surface area contributed by atoms with Gasteiger partial charge in [-0.15, -0.1) is 0 Å². The van der Waals surface area contributed by atoms with E-state index in [9.17, 15) is 13.2 Å². The summed E-state index contributed by atoms with van der Waals surface area (Å²) in [6, 6.07) is 2.49. The maximum Gasteiger partial charge on any atom is 0.267 e. The fourth-order valence-electron chi connectivity index (χ4n) is 1.57. The zero-order chi connectivity index (χ0) is 13.3. The van der Waals surface area contributed by atoms with Crippen LogP contribution in [0.2, 0.25) is 0 Å².